The van der Waals surface area contributed by atoms with Gasteiger partial charge in [-0.3, -0.25) is 4.90 Å². The Morgan fingerprint density at radius 3 is 2.33 bits per heavy atom. The summed E-state index contributed by atoms with van der Waals surface area (Å²) in [6.07, 6.45) is 0.955. The van der Waals surface area contributed by atoms with Gasteiger partial charge in [-0.15, -0.1) is 0 Å². The lowest BCUT2D eigenvalue weighted by Gasteiger charge is -2.42. The highest BCUT2D eigenvalue weighted by Gasteiger charge is 2.40. The zero-order valence-electron chi connectivity index (χ0n) is 10.3. The van der Waals surface area contributed by atoms with Crippen molar-refractivity contribution in [2.24, 2.45) is 5.92 Å². The van der Waals surface area contributed by atoms with E-state index in [4.69, 9.17) is 0 Å². The van der Waals surface area contributed by atoms with Gasteiger partial charge in [-0.2, -0.15) is 0 Å². The minimum absolute atomic E-state index is 0.0276. The van der Waals surface area contributed by atoms with Gasteiger partial charge in [0.05, 0.1) is 0 Å². The fourth-order valence-electron chi connectivity index (χ4n) is 2.48. The summed E-state index contributed by atoms with van der Waals surface area (Å²) in [6.45, 7) is 8.94. The van der Waals surface area contributed by atoms with Crippen LogP contribution in [0.4, 0.5) is 8.78 Å². The van der Waals surface area contributed by atoms with Gasteiger partial charge in [0.1, 0.15) is 0 Å². The number of likely N-dealkylation sites (tertiary alicyclic amines) is 1. The van der Waals surface area contributed by atoms with Gasteiger partial charge in [0, 0.05) is 31.5 Å². The third-order valence-corrected chi connectivity index (χ3v) is 3.15. The fraction of sp³-hybridized carbons (Fsp3) is 1.00. The van der Waals surface area contributed by atoms with Gasteiger partial charge in [-0.25, -0.2) is 8.78 Å². The largest absolute Gasteiger partial charge is 0.298 e. The minimum Gasteiger partial charge on any atom is -0.298 e. The number of hydrogen-bond donors (Lipinski definition) is 0. The lowest BCUT2D eigenvalue weighted by Crippen LogP contribution is -2.50. The molecule has 15 heavy (non-hydrogen) atoms. The summed E-state index contributed by atoms with van der Waals surface area (Å²) < 4.78 is 26.6. The van der Waals surface area contributed by atoms with Crippen LogP contribution in [0, 0.1) is 5.92 Å². The lowest BCUT2D eigenvalue weighted by molar-refractivity contribution is -0.0883. The molecule has 0 aromatic carbocycles. The molecule has 1 atom stereocenters. The Balaban J connectivity index is 2.65. The molecule has 1 unspecified atom stereocenters. The highest BCUT2D eigenvalue weighted by molar-refractivity contribution is 4.88. The molecule has 1 fully saturated rings. The van der Waals surface area contributed by atoms with Crippen LogP contribution in [0.25, 0.3) is 0 Å². The zero-order chi connectivity index (χ0) is 11.6. The lowest BCUT2D eigenvalue weighted by atomic mass is 9.91. The topological polar surface area (TPSA) is 3.24 Å². The van der Waals surface area contributed by atoms with E-state index in [0.29, 0.717) is 18.5 Å². The van der Waals surface area contributed by atoms with Crippen LogP contribution in [0.2, 0.25) is 0 Å². The van der Waals surface area contributed by atoms with Crippen LogP contribution in [0.15, 0.2) is 0 Å². The van der Waals surface area contributed by atoms with E-state index in [9.17, 15) is 8.78 Å². The SMILES string of the molecule is CC(C)CC1CC(F)(F)CCN1C(C)C. The molecule has 90 valence electrons. The molecule has 1 saturated heterocycles. The summed E-state index contributed by atoms with van der Waals surface area (Å²) in [6, 6.07) is 0.443. The van der Waals surface area contributed by atoms with Gasteiger partial charge in [-0.1, -0.05) is 13.8 Å². The highest BCUT2D eigenvalue weighted by Crippen LogP contribution is 2.35. The Labute approximate surface area is 91.8 Å². The van der Waals surface area contributed by atoms with Crippen molar-refractivity contribution in [3.8, 4) is 0 Å². The van der Waals surface area contributed by atoms with Gasteiger partial charge in [0.15, 0.2) is 0 Å². The van der Waals surface area contributed by atoms with Crippen LogP contribution >= 0.6 is 0 Å². The van der Waals surface area contributed by atoms with E-state index in [-0.39, 0.29) is 18.9 Å². The maximum atomic E-state index is 13.3. The second-order valence-electron chi connectivity index (χ2n) is 5.43. The Morgan fingerprint density at radius 1 is 1.27 bits per heavy atom. The van der Waals surface area contributed by atoms with Crippen LogP contribution in [-0.2, 0) is 0 Å². The third-order valence-electron chi connectivity index (χ3n) is 3.15. The number of halogens is 2. The number of nitrogens with zero attached hydrogens (tertiary/aromatic N) is 1. The number of hydrogen-bond acceptors (Lipinski definition) is 1. The Hall–Kier alpha value is -0.180. The molecule has 1 rings (SSSR count). The first-order chi connectivity index (χ1) is 6.82. The van der Waals surface area contributed by atoms with Gasteiger partial charge in [-0.05, 0) is 26.2 Å². The van der Waals surface area contributed by atoms with Crippen LogP contribution < -0.4 is 0 Å². The van der Waals surface area contributed by atoms with Crippen LogP contribution in [0.1, 0.15) is 47.0 Å². The summed E-state index contributed by atoms with van der Waals surface area (Å²) in [5, 5.41) is 0. The first-order valence-electron chi connectivity index (χ1n) is 5.95. The predicted octanol–water partition coefficient (Wildman–Crippen LogP) is 3.54. The molecular weight excluding hydrogens is 196 g/mol. The van der Waals surface area contributed by atoms with E-state index in [1.54, 1.807) is 0 Å². The van der Waals surface area contributed by atoms with Gasteiger partial charge in [0.25, 0.3) is 5.92 Å². The van der Waals surface area contributed by atoms with E-state index in [1.807, 2.05) is 0 Å². The van der Waals surface area contributed by atoms with Crippen molar-refractivity contribution in [1.82, 2.24) is 4.90 Å². The van der Waals surface area contributed by atoms with Crippen molar-refractivity contribution < 1.29 is 8.78 Å². The normalized spacial score (nSPS) is 27.6. The molecule has 0 amide bonds. The molecule has 0 aromatic heterocycles. The molecule has 0 bridgehead atoms. The van der Waals surface area contributed by atoms with E-state index < -0.39 is 5.92 Å². The van der Waals surface area contributed by atoms with E-state index >= 15 is 0 Å². The Kier molecular flexibility index (Phi) is 4.10. The highest BCUT2D eigenvalue weighted by atomic mass is 19.3. The van der Waals surface area contributed by atoms with Crippen molar-refractivity contribution in [3.63, 3.8) is 0 Å². The average molecular weight is 219 g/mol. The summed E-state index contributed by atoms with van der Waals surface area (Å²) in [4.78, 5) is 2.23. The first kappa shape index (κ1) is 12.9. The van der Waals surface area contributed by atoms with Gasteiger partial charge < -0.3 is 0 Å². The number of rotatable bonds is 3. The van der Waals surface area contributed by atoms with Crippen molar-refractivity contribution in [3.05, 3.63) is 0 Å². The summed E-state index contributed by atoms with van der Waals surface area (Å²) in [5.74, 6) is -1.95. The minimum atomic E-state index is -2.44. The standard InChI is InChI=1S/C12H23F2N/c1-9(2)7-11-8-12(13,14)5-6-15(11)10(3)4/h9-11H,5-8H2,1-4H3. The van der Waals surface area contributed by atoms with Crippen LogP contribution in [0.3, 0.4) is 0 Å². The van der Waals surface area contributed by atoms with Gasteiger partial charge >= 0.3 is 0 Å². The summed E-state index contributed by atoms with van der Waals surface area (Å²) >= 11 is 0. The average Bonchev–Trinajstić information content (AvgIpc) is 1.99. The quantitative estimate of drug-likeness (QED) is 0.701. The van der Waals surface area contributed by atoms with Crippen molar-refractivity contribution >= 4 is 0 Å². The number of alkyl halides is 2. The second-order valence-corrected chi connectivity index (χ2v) is 5.43. The molecule has 0 radical (unpaired) electrons. The van der Waals surface area contributed by atoms with Gasteiger partial charge in [0.2, 0.25) is 0 Å². The molecule has 3 heteroatoms. The third kappa shape index (κ3) is 3.71. The maximum Gasteiger partial charge on any atom is 0.250 e. The van der Waals surface area contributed by atoms with E-state index in [2.05, 4.69) is 32.6 Å². The smallest absolute Gasteiger partial charge is 0.250 e. The fourth-order valence-corrected chi connectivity index (χ4v) is 2.48. The molecule has 0 spiro atoms. The number of piperidine rings is 1. The molecule has 1 nitrogen and oxygen atoms in total. The van der Waals surface area contributed by atoms with Crippen LogP contribution in [-0.4, -0.2) is 29.5 Å². The molecule has 1 aliphatic heterocycles. The molecule has 0 aliphatic carbocycles. The van der Waals surface area contributed by atoms with E-state index in [0.717, 1.165) is 6.42 Å². The Bertz CT molecular complexity index is 202. The second kappa shape index (κ2) is 4.77. The summed E-state index contributed by atoms with van der Waals surface area (Å²) in [7, 11) is 0. The predicted molar refractivity (Wildman–Crippen MR) is 59.3 cm³/mol. The maximum absolute atomic E-state index is 13.3. The zero-order valence-corrected chi connectivity index (χ0v) is 10.3. The first-order valence-corrected chi connectivity index (χ1v) is 5.95. The van der Waals surface area contributed by atoms with Crippen molar-refractivity contribution in [2.75, 3.05) is 6.54 Å². The van der Waals surface area contributed by atoms with E-state index in [1.165, 1.54) is 0 Å². The molecule has 1 heterocycles. The summed E-state index contributed by atoms with van der Waals surface area (Å²) in [5.41, 5.74) is 0. The Morgan fingerprint density at radius 2 is 1.87 bits per heavy atom. The van der Waals surface area contributed by atoms with Crippen molar-refractivity contribution in [2.45, 2.75) is 65.0 Å². The monoisotopic (exact) mass is 219 g/mol. The molecule has 0 aromatic rings. The molecule has 0 saturated carbocycles. The molecular formula is C12H23F2N. The van der Waals surface area contributed by atoms with Crippen LogP contribution in [0.5, 0.6) is 0 Å². The molecule has 0 N–H and O–H groups in total. The van der Waals surface area contributed by atoms with Crippen molar-refractivity contribution in [1.29, 1.82) is 0 Å². The molecule has 1 aliphatic rings.